The van der Waals surface area contributed by atoms with Crippen LogP contribution in [0, 0.1) is 0 Å². The van der Waals surface area contributed by atoms with E-state index < -0.39 is 9.84 Å². The van der Waals surface area contributed by atoms with Gasteiger partial charge in [-0.2, -0.15) is 0 Å². The van der Waals surface area contributed by atoms with Gasteiger partial charge in [-0.1, -0.05) is 6.92 Å². The monoisotopic (exact) mass is 325 g/mol. The average molecular weight is 325 g/mol. The fraction of sp³-hybridized carbons (Fsp3) is 0.333. The molecule has 0 unspecified atom stereocenters. The summed E-state index contributed by atoms with van der Waals surface area (Å²) in [6.07, 6.45) is 0.909. The van der Waals surface area contributed by atoms with Crippen LogP contribution in [0.25, 0.3) is 0 Å². The van der Waals surface area contributed by atoms with Gasteiger partial charge in [0.15, 0.2) is 9.84 Å². The minimum absolute atomic E-state index is 0.0303. The van der Waals surface area contributed by atoms with Gasteiger partial charge in [0.25, 0.3) is 0 Å². The number of aryl methyl sites for hydroxylation is 1. The molecule has 0 aliphatic rings. The van der Waals surface area contributed by atoms with Crippen molar-refractivity contribution in [2.75, 3.05) is 12.3 Å². The van der Waals surface area contributed by atoms with E-state index >= 15 is 0 Å². The number of nitrogen functional groups attached to an aromatic ring is 1. The van der Waals surface area contributed by atoms with Gasteiger partial charge in [-0.25, -0.2) is 8.42 Å². The van der Waals surface area contributed by atoms with Crippen LogP contribution >= 0.6 is 11.3 Å². The molecule has 1 aromatic carbocycles. The first kappa shape index (κ1) is 15.9. The van der Waals surface area contributed by atoms with Crippen LogP contribution in [0.4, 0.5) is 5.69 Å². The third kappa shape index (κ3) is 3.77. The molecule has 1 heterocycles. The van der Waals surface area contributed by atoms with Crippen LogP contribution in [-0.2, 0) is 22.0 Å². The summed E-state index contributed by atoms with van der Waals surface area (Å²) in [4.78, 5) is 2.14. The van der Waals surface area contributed by atoms with E-state index in [2.05, 4.69) is 0 Å². The third-order valence-corrected chi connectivity index (χ3v) is 6.16. The van der Waals surface area contributed by atoms with Crippen LogP contribution < -0.4 is 10.5 Å². The molecule has 0 aliphatic heterocycles. The van der Waals surface area contributed by atoms with Gasteiger partial charge in [-0.05, 0) is 37.6 Å². The number of benzene rings is 1. The number of rotatable bonds is 6. The van der Waals surface area contributed by atoms with Crippen molar-refractivity contribution in [1.82, 2.24) is 0 Å². The van der Waals surface area contributed by atoms with Gasteiger partial charge >= 0.3 is 0 Å². The minimum Gasteiger partial charge on any atom is -0.494 e. The van der Waals surface area contributed by atoms with Crippen molar-refractivity contribution in [3.05, 3.63) is 40.1 Å². The molecule has 0 radical (unpaired) electrons. The molecule has 0 bridgehead atoms. The second kappa shape index (κ2) is 6.49. The Balaban J connectivity index is 2.32. The van der Waals surface area contributed by atoms with Crippen LogP contribution in [0.2, 0.25) is 0 Å². The number of ether oxygens (including phenoxy) is 1. The van der Waals surface area contributed by atoms with E-state index in [-0.39, 0.29) is 16.3 Å². The molecule has 0 atom stereocenters. The fourth-order valence-corrected chi connectivity index (χ4v) is 4.80. The molecule has 0 spiro atoms. The number of nitrogens with two attached hydrogens (primary N) is 1. The number of hydrogen-bond acceptors (Lipinski definition) is 5. The van der Waals surface area contributed by atoms with Crippen LogP contribution in [0.3, 0.4) is 0 Å². The predicted molar refractivity (Wildman–Crippen MR) is 86.6 cm³/mol. The Bertz CT molecular complexity index is 720. The van der Waals surface area contributed by atoms with E-state index in [0.717, 1.165) is 11.3 Å². The SMILES string of the molecule is CCOc1ccc(N)c(S(=O)(=O)Cc2ccc(CC)s2)c1. The molecule has 2 aromatic rings. The normalized spacial score (nSPS) is 11.5. The summed E-state index contributed by atoms with van der Waals surface area (Å²) in [7, 11) is -3.47. The van der Waals surface area contributed by atoms with Gasteiger partial charge in [0, 0.05) is 15.8 Å². The lowest BCUT2D eigenvalue weighted by Crippen LogP contribution is -2.07. The lowest BCUT2D eigenvalue weighted by molar-refractivity contribution is 0.339. The van der Waals surface area contributed by atoms with Gasteiger partial charge in [-0.15, -0.1) is 11.3 Å². The Labute approximate surface area is 129 Å². The predicted octanol–water partition coefficient (Wildman–Crippen LogP) is 3.27. The highest BCUT2D eigenvalue weighted by atomic mass is 32.2. The molecule has 21 heavy (non-hydrogen) atoms. The topological polar surface area (TPSA) is 69.4 Å². The lowest BCUT2D eigenvalue weighted by Gasteiger charge is -2.09. The van der Waals surface area contributed by atoms with E-state index in [4.69, 9.17) is 10.5 Å². The van der Waals surface area contributed by atoms with Gasteiger partial charge < -0.3 is 10.5 Å². The number of thiophene rings is 1. The Morgan fingerprint density at radius 1 is 1.14 bits per heavy atom. The molecule has 2 N–H and O–H groups in total. The first-order valence-electron chi connectivity index (χ1n) is 6.79. The molecular formula is C15H19NO3S2. The highest BCUT2D eigenvalue weighted by molar-refractivity contribution is 7.91. The summed E-state index contributed by atoms with van der Waals surface area (Å²) in [6, 6.07) is 8.59. The van der Waals surface area contributed by atoms with E-state index in [1.807, 2.05) is 26.0 Å². The Morgan fingerprint density at radius 3 is 2.48 bits per heavy atom. The fourth-order valence-electron chi connectivity index (χ4n) is 2.00. The summed E-state index contributed by atoms with van der Waals surface area (Å²) in [5, 5.41) is 0. The van der Waals surface area contributed by atoms with Crippen molar-refractivity contribution >= 4 is 26.9 Å². The number of anilines is 1. The van der Waals surface area contributed by atoms with Gasteiger partial charge in [0.2, 0.25) is 0 Å². The number of hydrogen-bond donors (Lipinski definition) is 1. The van der Waals surface area contributed by atoms with Crippen molar-refractivity contribution in [1.29, 1.82) is 0 Å². The molecule has 114 valence electrons. The quantitative estimate of drug-likeness (QED) is 0.828. The molecule has 0 aliphatic carbocycles. The average Bonchev–Trinajstić information content (AvgIpc) is 2.88. The van der Waals surface area contributed by atoms with E-state index in [9.17, 15) is 8.42 Å². The van der Waals surface area contributed by atoms with Crippen LogP contribution in [-0.4, -0.2) is 15.0 Å². The number of sulfone groups is 1. The first-order valence-corrected chi connectivity index (χ1v) is 9.25. The molecule has 4 nitrogen and oxygen atoms in total. The molecule has 1 aromatic heterocycles. The summed E-state index contributed by atoms with van der Waals surface area (Å²) in [5.74, 6) is 0.489. The zero-order valence-corrected chi connectivity index (χ0v) is 13.8. The standard InChI is InChI=1S/C15H19NO3S2/c1-3-12-6-7-13(20-12)10-21(17,18)15-9-11(19-4-2)5-8-14(15)16/h5-9H,3-4,10,16H2,1-2H3. The van der Waals surface area contributed by atoms with E-state index in [1.54, 1.807) is 12.1 Å². The van der Waals surface area contributed by atoms with Gasteiger partial charge in [-0.3, -0.25) is 0 Å². The van der Waals surface area contributed by atoms with E-state index in [1.165, 1.54) is 22.3 Å². The highest BCUT2D eigenvalue weighted by Crippen LogP contribution is 2.29. The van der Waals surface area contributed by atoms with Crippen molar-refractivity contribution in [2.24, 2.45) is 0 Å². The van der Waals surface area contributed by atoms with Gasteiger partial charge in [0.05, 0.1) is 22.9 Å². The molecule has 2 rings (SSSR count). The maximum atomic E-state index is 12.5. The Hall–Kier alpha value is -1.53. The van der Waals surface area contributed by atoms with Crippen molar-refractivity contribution < 1.29 is 13.2 Å². The Kier molecular flexibility index (Phi) is 4.90. The van der Waals surface area contributed by atoms with E-state index in [0.29, 0.717) is 12.4 Å². The second-order valence-electron chi connectivity index (χ2n) is 4.61. The summed E-state index contributed by atoms with van der Waals surface area (Å²) >= 11 is 1.52. The zero-order chi connectivity index (χ0) is 15.5. The van der Waals surface area contributed by atoms with Gasteiger partial charge in [0.1, 0.15) is 5.75 Å². The first-order chi connectivity index (χ1) is 9.96. The zero-order valence-electron chi connectivity index (χ0n) is 12.1. The highest BCUT2D eigenvalue weighted by Gasteiger charge is 2.20. The summed E-state index contributed by atoms with van der Waals surface area (Å²) in [5.41, 5.74) is 6.08. The van der Waals surface area contributed by atoms with Crippen molar-refractivity contribution in [3.63, 3.8) is 0 Å². The third-order valence-electron chi connectivity index (χ3n) is 3.03. The molecule has 0 saturated heterocycles. The Morgan fingerprint density at radius 2 is 1.86 bits per heavy atom. The summed E-state index contributed by atoms with van der Waals surface area (Å²) < 4.78 is 30.4. The second-order valence-corrected chi connectivity index (χ2v) is 7.82. The lowest BCUT2D eigenvalue weighted by atomic mass is 10.3. The molecule has 0 amide bonds. The van der Waals surface area contributed by atoms with Crippen LogP contribution in [0.5, 0.6) is 5.75 Å². The maximum Gasteiger partial charge on any atom is 0.185 e. The largest absolute Gasteiger partial charge is 0.494 e. The molecule has 0 fully saturated rings. The minimum atomic E-state index is -3.47. The van der Waals surface area contributed by atoms with Crippen LogP contribution in [0.15, 0.2) is 35.2 Å². The van der Waals surface area contributed by atoms with Crippen molar-refractivity contribution in [2.45, 2.75) is 30.9 Å². The van der Waals surface area contributed by atoms with Crippen LogP contribution in [0.1, 0.15) is 23.6 Å². The van der Waals surface area contributed by atoms with Crippen molar-refractivity contribution in [3.8, 4) is 5.75 Å². The maximum absolute atomic E-state index is 12.5. The smallest absolute Gasteiger partial charge is 0.185 e. The summed E-state index contributed by atoms with van der Waals surface area (Å²) in [6.45, 7) is 4.38. The molecule has 0 saturated carbocycles. The molecule has 6 heteroatoms. The molecular weight excluding hydrogens is 306 g/mol.